The minimum Gasteiger partial charge on any atom is -0.323 e. The van der Waals surface area contributed by atoms with Crippen LogP contribution in [0.4, 0.5) is 5.69 Å². The molecule has 0 saturated carbocycles. The molecule has 1 N–H and O–H groups in total. The van der Waals surface area contributed by atoms with Crippen LogP contribution in [0.1, 0.15) is 19.9 Å². The number of carbonyl (C=O) groups excluding carboxylic acids is 1. The number of hydrogen-bond acceptors (Lipinski definition) is 2. The van der Waals surface area contributed by atoms with Crippen LogP contribution in [0.15, 0.2) is 37.1 Å². The molecule has 0 fully saturated rings. The second-order valence-corrected chi connectivity index (χ2v) is 4.15. The molecule has 0 aliphatic carbocycles. The number of fused-ring (bicyclic) bond motifs is 1. The van der Waals surface area contributed by atoms with Crippen LogP contribution in [0.2, 0.25) is 0 Å². The molecule has 2 rings (SSSR count). The maximum Gasteiger partial charge on any atom is 0.247 e. The highest BCUT2D eigenvalue weighted by molar-refractivity contribution is 6.00. The zero-order valence-corrected chi connectivity index (χ0v) is 9.97. The molecule has 1 amide bonds. The van der Waals surface area contributed by atoms with Crippen LogP contribution < -0.4 is 5.32 Å². The molecule has 0 aliphatic rings. The average molecular weight is 229 g/mol. The molecule has 4 nitrogen and oxygen atoms in total. The second kappa shape index (κ2) is 4.41. The molecule has 0 radical (unpaired) electrons. The monoisotopic (exact) mass is 229 g/mol. The van der Waals surface area contributed by atoms with Crippen molar-refractivity contribution < 1.29 is 4.79 Å². The van der Waals surface area contributed by atoms with E-state index in [0.717, 1.165) is 16.6 Å². The van der Waals surface area contributed by atoms with Gasteiger partial charge in [-0.1, -0.05) is 6.58 Å². The van der Waals surface area contributed by atoms with E-state index in [1.54, 1.807) is 6.20 Å². The first-order chi connectivity index (χ1) is 8.11. The van der Waals surface area contributed by atoms with Gasteiger partial charge in [0.25, 0.3) is 0 Å². The number of carbonyl (C=O) groups is 1. The largest absolute Gasteiger partial charge is 0.323 e. The van der Waals surface area contributed by atoms with Crippen molar-refractivity contribution in [3.8, 4) is 0 Å². The summed E-state index contributed by atoms with van der Waals surface area (Å²) in [6, 6.07) is 6.05. The second-order valence-electron chi connectivity index (χ2n) is 4.15. The van der Waals surface area contributed by atoms with Crippen molar-refractivity contribution in [3.05, 3.63) is 37.1 Å². The lowest BCUT2D eigenvalue weighted by Gasteiger charge is -2.07. The lowest BCUT2D eigenvalue weighted by Crippen LogP contribution is -2.07. The van der Waals surface area contributed by atoms with E-state index in [-0.39, 0.29) is 5.91 Å². The van der Waals surface area contributed by atoms with Gasteiger partial charge in [-0.05, 0) is 38.1 Å². The fourth-order valence-electron chi connectivity index (χ4n) is 1.74. The molecule has 1 aromatic carbocycles. The summed E-state index contributed by atoms with van der Waals surface area (Å²) in [5.74, 6) is -0.208. The molecule has 88 valence electrons. The van der Waals surface area contributed by atoms with Crippen LogP contribution in [0, 0.1) is 0 Å². The number of amides is 1. The van der Waals surface area contributed by atoms with Gasteiger partial charge in [-0.15, -0.1) is 0 Å². The highest BCUT2D eigenvalue weighted by atomic mass is 16.1. The van der Waals surface area contributed by atoms with Gasteiger partial charge in [0.1, 0.15) is 0 Å². The van der Waals surface area contributed by atoms with Crippen LogP contribution in [0.3, 0.4) is 0 Å². The van der Waals surface area contributed by atoms with Gasteiger partial charge in [0.05, 0.1) is 11.7 Å². The van der Waals surface area contributed by atoms with Gasteiger partial charge in [0.15, 0.2) is 0 Å². The summed E-state index contributed by atoms with van der Waals surface area (Å²) in [7, 11) is 0. The fraction of sp³-hybridized carbons (Fsp3) is 0.231. The molecule has 1 heterocycles. The average Bonchev–Trinajstić information content (AvgIpc) is 2.71. The summed E-state index contributed by atoms with van der Waals surface area (Å²) in [5, 5.41) is 8.06. The third-order valence-electron chi connectivity index (χ3n) is 2.54. The predicted octanol–water partition coefficient (Wildman–Crippen LogP) is 2.74. The molecular formula is C13H15N3O. The van der Waals surface area contributed by atoms with E-state index < -0.39 is 0 Å². The van der Waals surface area contributed by atoms with Crippen molar-refractivity contribution in [1.29, 1.82) is 0 Å². The number of anilines is 1. The Morgan fingerprint density at radius 2 is 2.29 bits per heavy atom. The van der Waals surface area contributed by atoms with Crippen LogP contribution >= 0.6 is 0 Å². The fourth-order valence-corrected chi connectivity index (χ4v) is 1.74. The zero-order valence-electron chi connectivity index (χ0n) is 9.97. The number of nitrogens with zero attached hydrogens (tertiary/aromatic N) is 2. The first kappa shape index (κ1) is 11.4. The molecule has 17 heavy (non-hydrogen) atoms. The van der Waals surface area contributed by atoms with Gasteiger partial charge in [-0.3, -0.25) is 9.48 Å². The topological polar surface area (TPSA) is 46.9 Å². The predicted molar refractivity (Wildman–Crippen MR) is 68.9 cm³/mol. The molecule has 2 aromatic rings. The van der Waals surface area contributed by atoms with Crippen molar-refractivity contribution in [2.75, 3.05) is 5.32 Å². The van der Waals surface area contributed by atoms with Gasteiger partial charge >= 0.3 is 0 Å². The molecule has 1 aromatic heterocycles. The highest BCUT2D eigenvalue weighted by Crippen LogP contribution is 2.21. The molecule has 0 bridgehead atoms. The summed E-state index contributed by atoms with van der Waals surface area (Å²) in [4.78, 5) is 11.2. The Kier molecular flexibility index (Phi) is 2.95. The molecule has 0 atom stereocenters. The van der Waals surface area contributed by atoms with E-state index in [0.29, 0.717) is 6.04 Å². The Balaban J connectivity index is 2.39. The van der Waals surface area contributed by atoms with Gasteiger partial charge in [-0.2, -0.15) is 5.10 Å². The van der Waals surface area contributed by atoms with Gasteiger partial charge < -0.3 is 5.32 Å². The smallest absolute Gasteiger partial charge is 0.247 e. The Hall–Kier alpha value is -2.10. The van der Waals surface area contributed by atoms with Crippen molar-refractivity contribution in [3.63, 3.8) is 0 Å². The summed E-state index contributed by atoms with van der Waals surface area (Å²) in [6.07, 6.45) is 3.06. The molecule has 0 saturated heterocycles. The Labute approximate surface area is 99.9 Å². The van der Waals surface area contributed by atoms with E-state index in [9.17, 15) is 4.79 Å². The van der Waals surface area contributed by atoms with Gasteiger partial charge in [0, 0.05) is 17.1 Å². The number of nitrogens with one attached hydrogen (secondary N) is 1. The minimum absolute atomic E-state index is 0.208. The lowest BCUT2D eigenvalue weighted by atomic mass is 10.2. The maximum atomic E-state index is 11.2. The van der Waals surface area contributed by atoms with E-state index in [1.165, 1.54) is 6.08 Å². The van der Waals surface area contributed by atoms with Crippen molar-refractivity contribution in [1.82, 2.24) is 9.78 Å². The number of rotatable bonds is 3. The Morgan fingerprint density at radius 1 is 1.53 bits per heavy atom. The van der Waals surface area contributed by atoms with Crippen molar-refractivity contribution in [2.24, 2.45) is 0 Å². The van der Waals surface area contributed by atoms with Crippen molar-refractivity contribution in [2.45, 2.75) is 19.9 Å². The van der Waals surface area contributed by atoms with Crippen LogP contribution in [-0.4, -0.2) is 15.7 Å². The zero-order chi connectivity index (χ0) is 12.4. The van der Waals surface area contributed by atoms with Crippen LogP contribution in [-0.2, 0) is 4.79 Å². The maximum absolute atomic E-state index is 11.2. The number of aromatic nitrogens is 2. The van der Waals surface area contributed by atoms with E-state index in [1.807, 2.05) is 22.9 Å². The minimum atomic E-state index is -0.208. The third kappa shape index (κ3) is 2.20. The van der Waals surface area contributed by atoms with E-state index in [4.69, 9.17) is 0 Å². The summed E-state index contributed by atoms with van der Waals surface area (Å²) >= 11 is 0. The van der Waals surface area contributed by atoms with Gasteiger partial charge in [-0.25, -0.2) is 0 Å². The van der Waals surface area contributed by atoms with Crippen molar-refractivity contribution >= 4 is 22.5 Å². The van der Waals surface area contributed by atoms with Gasteiger partial charge in [0.2, 0.25) is 5.91 Å². The quantitative estimate of drug-likeness (QED) is 0.822. The molecule has 0 aliphatic heterocycles. The Morgan fingerprint density at radius 3 is 2.94 bits per heavy atom. The molecule has 4 heteroatoms. The summed E-state index contributed by atoms with van der Waals surface area (Å²) < 4.78 is 1.95. The number of hydrogen-bond donors (Lipinski definition) is 1. The SMILES string of the molecule is C=CC(=O)Nc1ccc2c(cnn2C(C)C)c1. The lowest BCUT2D eigenvalue weighted by molar-refractivity contribution is -0.111. The summed E-state index contributed by atoms with van der Waals surface area (Å²) in [5.41, 5.74) is 1.82. The Bertz CT molecular complexity index is 569. The standard InChI is InChI=1S/C13H15N3O/c1-4-13(17)15-11-5-6-12-10(7-11)8-14-16(12)9(2)3/h4-9H,1H2,2-3H3,(H,15,17). The normalized spacial score (nSPS) is 10.8. The third-order valence-corrected chi connectivity index (χ3v) is 2.54. The molecule has 0 unspecified atom stereocenters. The van der Waals surface area contributed by atoms with E-state index >= 15 is 0 Å². The first-order valence-electron chi connectivity index (χ1n) is 5.52. The highest BCUT2D eigenvalue weighted by Gasteiger charge is 2.06. The van der Waals surface area contributed by atoms with Crippen LogP contribution in [0.5, 0.6) is 0 Å². The molecular weight excluding hydrogens is 214 g/mol. The first-order valence-corrected chi connectivity index (χ1v) is 5.52. The van der Waals surface area contributed by atoms with Crippen LogP contribution in [0.25, 0.3) is 10.9 Å². The summed E-state index contributed by atoms with van der Waals surface area (Å²) in [6.45, 7) is 7.58. The molecule has 0 spiro atoms. The number of benzene rings is 1. The van der Waals surface area contributed by atoms with E-state index in [2.05, 4.69) is 30.8 Å².